The molecule has 0 bridgehead atoms. The lowest BCUT2D eigenvalue weighted by Gasteiger charge is -2.30. The fraction of sp³-hybridized carbons (Fsp3) is 0. The van der Waals surface area contributed by atoms with Gasteiger partial charge in [-0.05, 0) is 86.1 Å². The van der Waals surface area contributed by atoms with Gasteiger partial charge < -0.3 is 9.32 Å². The first-order chi connectivity index (χ1) is 29.8. The number of rotatable bonds is 8. The topological polar surface area (TPSA) is 16.4 Å². The Morgan fingerprint density at radius 3 is 1.52 bits per heavy atom. The Labute approximate surface area is 349 Å². The second-order valence-electron chi connectivity index (χ2n) is 15.2. The van der Waals surface area contributed by atoms with Gasteiger partial charge in [-0.1, -0.05) is 200 Å². The van der Waals surface area contributed by atoms with E-state index in [2.05, 4.69) is 235 Å². The first-order valence-electron chi connectivity index (χ1n) is 20.5. The highest BCUT2D eigenvalue weighted by atomic mass is 16.3. The van der Waals surface area contributed by atoms with E-state index in [1.807, 2.05) is 6.07 Å². The van der Waals surface area contributed by atoms with Crippen LogP contribution in [0.3, 0.4) is 0 Å². The van der Waals surface area contributed by atoms with Gasteiger partial charge in [-0.25, -0.2) is 0 Å². The number of hydrogen-bond acceptors (Lipinski definition) is 2. The fourth-order valence-electron chi connectivity index (χ4n) is 8.87. The summed E-state index contributed by atoms with van der Waals surface area (Å²) >= 11 is 0. The maximum absolute atomic E-state index is 6.67. The van der Waals surface area contributed by atoms with E-state index in [1.54, 1.807) is 0 Å². The second-order valence-corrected chi connectivity index (χ2v) is 15.2. The van der Waals surface area contributed by atoms with E-state index < -0.39 is 0 Å². The highest BCUT2D eigenvalue weighted by Crippen LogP contribution is 2.48. The summed E-state index contributed by atoms with van der Waals surface area (Å²) in [5.41, 5.74) is 16.5. The molecular weight excluding hydrogens is 727 g/mol. The van der Waals surface area contributed by atoms with Crippen LogP contribution < -0.4 is 4.90 Å². The fourth-order valence-corrected chi connectivity index (χ4v) is 8.87. The van der Waals surface area contributed by atoms with Gasteiger partial charge in [-0.3, -0.25) is 0 Å². The number of benzene rings is 10. The van der Waals surface area contributed by atoms with Crippen LogP contribution in [0.15, 0.2) is 241 Å². The number of nitrogens with zero attached hydrogens (tertiary/aromatic N) is 1. The van der Waals surface area contributed by atoms with Crippen LogP contribution in [0.25, 0.3) is 88.3 Å². The number of para-hydroxylation sites is 4. The first kappa shape index (κ1) is 35.2. The highest BCUT2D eigenvalue weighted by molar-refractivity contribution is 6.11. The maximum atomic E-state index is 6.67. The van der Waals surface area contributed by atoms with E-state index in [0.29, 0.717) is 0 Å². The maximum Gasteiger partial charge on any atom is 0.143 e. The van der Waals surface area contributed by atoms with E-state index >= 15 is 0 Å². The summed E-state index contributed by atoms with van der Waals surface area (Å²) in [5.74, 6) is 0. The van der Waals surface area contributed by atoms with Gasteiger partial charge in [0.1, 0.15) is 11.2 Å². The zero-order valence-electron chi connectivity index (χ0n) is 32.9. The Morgan fingerprint density at radius 1 is 0.283 bits per heavy atom. The van der Waals surface area contributed by atoms with Crippen molar-refractivity contribution in [3.8, 4) is 55.6 Å². The zero-order valence-corrected chi connectivity index (χ0v) is 32.9. The minimum atomic E-state index is 0.883. The van der Waals surface area contributed by atoms with Gasteiger partial charge in [0, 0.05) is 33.2 Å². The molecule has 0 N–H and O–H groups in total. The molecule has 0 unspecified atom stereocenters. The largest absolute Gasteiger partial charge is 0.455 e. The number of anilines is 3. The van der Waals surface area contributed by atoms with E-state index in [4.69, 9.17) is 4.42 Å². The van der Waals surface area contributed by atoms with Crippen molar-refractivity contribution in [1.82, 2.24) is 0 Å². The van der Waals surface area contributed by atoms with Crippen molar-refractivity contribution in [2.45, 2.75) is 0 Å². The average molecular weight is 766 g/mol. The molecular formula is C58H39NO. The summed E-state index contributed by atoms with van der Waals surface area (Å²) in [6, 6.07) is 84.9. The molecule has 11 aromatic rings. The Morgan fingerprint density at radius 2 is 0.783 bits per heavy atom. The van der Waals surface area contributed by atoms with Crippen molar-refractivity contribution < 1.29 is 4.42 Å². The molecule has 282 valence electrons. The molecule has 1 aromatic heterocycles. The van der Waals surface area contributed by atoms with Crippen LogP contribution in [0.1, 0.15) is 0 Å². The van der Waals surface area contributed by atoms with Crippen LogP contribution in [0, 0.1) is 0 Å². The van der Waals surface area contributed by atoms with Gasteiger partial charge in [0.2, 0.25) is 0 Å². The predicted molar refractivity (Wildman–Crippen MR) is 253 cm³/mol. The van der Waals surface area contributed by atoms with Crippen LogP contribution in [-0.2, 0) is 0 Å². The quantitative estimate of drug-likeness (QED) is 0.153. The van der Waals surface area contributed by atoms with Gasteiger partial charge in [0.05, 0.1) is 11.4 Å². The monoisotopic (exact) mass is 765 g/mol. The van der Waals surface area contributed by atoms with Gasteiger partial charge in [-0.2, -0.15) is 0 Å². The lowest BCUT2D eigenvalue weighted by Crippen LogP contribution is -2.12. The summed E-state index contributed by atoms with van der Waals surface area (Å²) in [5, 5.41) is 4.69. The van der Waals surface area contributed by atoms with Crippen LogP contribution in [0.4, 0.5) is 17.1 Å². The molecule has 0 fully saturated rings. The Hall–Kier alpha value is -7.94. The lowest BCUT2D eigenvalue weighted by atomic mass is 9.88. The second kappa shape index (κ2) is 15.1. The van der Waals surface area contributed by atoms with Gasteiger partial charge in [-0.15, -0.1) is 0 Å². The summed E-state index contributed by atoms with van der Waals surface area (Å²) in [7, 11) is 0. The summed E-state index contributed by atoms with van der Waals surface area (Å²) in [6.45, 7) is 0. The smallest absolute Gasteiger partial charge is 0.143 e. The van der Waals surface area contributed by atoms with Gasteiger partial charge in [0.25, 0.3) is 0 Å². The van der Waals surface area contributed by atoms with E-state index in [-0.39, 0.29) is 0 Å². The van der Waals surface area contributed by atoms with Crippen molar-refractivity contribution >= 4 is 49.8 Å². The van der Waals surface area contributed by atoms with E-state index in [0.717, 1.165) is 61.3 Å². The van der Waals surface area contributed by atoms with E-state index in [9.17, 15) is 0 Å². The highest BCUT2D eigenvalue weighted by Gasteiger charge is 2.24. The molecule has 2 nitrogen and oxygen atoms in total. The third kappa shape index (κ3) is 6.23. The molecule has 0 amide bonds. The molecule has 0 radical (unpaired) electrons. The Bertz CT molecular complexity index is 3320. The molecule has 11 rings (SSSR count). The molecule has 10 aromatic carbocycles. The van der Waals surface area contributed by atoms with Crippen molar-refractivity contribution in [2.75, 3.05) is 4.90 Å². The summed E-state index contributed by atoms with van der Waals surface area (Å²) in [4.78, 5) is 2.43. The standard InChI is InChI=1S/C58H39NO/c1-2-18-42(19-3-1)46-21-6-7-22-47(46)48-23-8-9-24-49(48)50-25-10-13-30-55(50)59(45-37-35-41(36-38-45)44-34-33-40-17-4-5-20-43(40)39-44)56-31-14-11-26-51(56)53-28-16-29-54-52-27-12-15-32-57(52)60-58(53)54/h1-39H. The third-order valence-corrected chi connectivity index (χ3v) is 11.7. The van der Waals surface area contributed by atoms with Crippen LogP contribution in [0.5, 0.6) is 0 Å². The molecule has 0 aliphatic carbocycles. The molecule has 0 aliphatic rings. The molecule has 1 heterocycles. The van der Waals surface area contributed by atoms with Crippen LogP contribution in [-0.4, -0.2) is 0 Å². The molecule has 2 heteroatoms. The van der Waals surface area contributed by atoms with Gasteiger partial charge >= 0.3 is 0 Å². The van der Waals surface area contributed by atoms with Crippen molar-refractivity contribution in [1.29, 1.82) is 0 Å². The number of hydrogen-bond donors (Lipinski definition) is 0. The summed E-state index contributed by atoms with van der Waals surface area (Å²) in [6.07, 6.45) is 0. The van der Waals surface area contributed by atoms with Crippen LogP contribution in [0.2, 0.25) is 0 Å². The normalized spacial score (nSPS) is 11.3. The lowest BCUT2D eigenvalue weighted by molar-refractivity contribution is 0.670. The third-order valence-electron chi connectivity index (χ3n) is 11.7. The minimum Gasteiger partial charge on any atom is -0.455 e. The Kier molecular flexibility index (Phi) is 8.87. The van der Waals surface area contributed by atoms with Crippen molar-refractivity contribution in [3.05, 3.63) is 237 Å². The average Bonchev–Trinajstić information content (AvgIpc) is 3.72. The van der Waals surface area contributed by atoms with Crippen molar-refractivity contribution in [3.63, 3.8) is 0 Å². The molecule has 0 atom stereocenters. The minimum absolute atomic E-state index is 0.883. The molecule has 0 saturated carbocycles. The first-order valence-corrected chi connectivity index (χ1v) is 20.5. The molecule has 60 heavy (non-hydrogen) atoms. The van der Waals surface area contributed by atoms with Crippen molar-refractivity contribution in [2.24, 2.45) is 0 Å². The Balaban J connectivity index is 1.12. The molecule has 0 saturated heterocycles. The molecule has 0 spiro atoms. The van der Waals surface area contributed by atoms with E-state index in [1.165, 1.54) is 44.2 Å². The zero-order chi connectivity index (χ0) is 39.8. The summed E-state index contributed by atoms with van der Waals surface area (Å²) < 4.78 is 6.67. The molecule has 0 aliphatic heterocycles. The number of furan rings is 1. The van der Waals surface area contributed by atoms with Crippen LogP contribution >= 0.6 is 0 Å². The van der Waals surface area contributed by atoms with Gasteiger partial charge in [0.15, 0.2) is 0 Å². The SMILES string of the molecule is c1ccc(-c2ccccc2-c2ccccc2-c2ccccc2N(c2ccc(-c3ccc4ccccc4c3)cc2)c2ccccc2-c2cccc3c2oc2ccccc23)cc1. The predicted octanol–water partition coefficient (Wildman–Crippen LogP) is 16.5. The number of fused-ring (bicyclic) bond motifs is 4.